The molecule has 1 aromatic heterocycles. The topological polar surface area (TPSA) is 38.9 Å². The van der Waals surface area contributed by atoms with Crippen LogP contribution in [0.3, 0.4) is 0 Å². The second-order valence-electron chi connectivity index (χ2n) is 2.94. The molecule has 2 N–H and O–H groups in total. The van der Waals surface area contributed by atoms with Crippen molar-refractivity contribution in [1.82, 2.24) is 4.98 Å². The molecule has 0 bridgehead atoms. The number of nitrogens with zero attached hydrogens (tertiary/aromatic N) is 1. The molecule has 1 atom stereocenters. The van der Waals surface area contributed by atoms with E-state index < -0.39 is 0 Å². The van der Waals surface area contributed by atoms with E-state index in [9.17, 15) is 0 Å². The van der Waals surface area contributed by atoms with Crippen molar-refractivity contribution >= 4 is 35.0 Å². The van der Waals surface area contributed by atoms with Gasteiger partial charge in [-0.1, -0.05) is 36.2 Å². The van der Waals surface area contributed by atoms with E-state index in [0.29, 0.717) is 22.1 Å². The summed E-state index contributed by atoms with van der Waals surface area (Å²) in [6.07, 6.45) is 0. The normalized spacial score (nSPS) is 12.9. The molecule has 0 saturated carbocycles. The Bertz CT molecular complexity index is 307. The van der Waals surface area contributed by atoms with Gasteiger partial charge in [0.15, 0.2) is 0 Å². The summed E-state index contributed by atoms with van der Waals surface area (Å²) >= 11 is 13.4. The second-order valence-corrected chi connectivity index (χ2v) is 5.11. The minimum absolute atomic E-state index is 0.427. The number of halogens is 2. The lowest BCUT2D eigenvalue weighted by Gasteiger charge is -2.08. The molecule has 1 heterocycles. The molecular formula is C9H12Cl2N2S. The Kier molecular flexibility index (Phi) is 5.02. The summed E-state index contributed by atoms with van der Waals surface area (Å²) in [7, 11) is 0. The summed E-state index contributed by atoms with van der Waals surface area (Å²) in [5.74, 6) is 0.821. The van der Waals surface area contributed by atoms with E-state index >= 15 is 0 Å². The highest BCUT2D eigenvalue weighted by atomic mass is 35.5. The van der Waals surface area contributed by atoms with Crippen LogP contribution in [0.1, 0.15) is 12.5 Å². The molecular weight excluding hydrogens is 239 g/mol. The van der Waals surface area contributed by atoms with Crippen molar-refractivity contribution in [1.29, 1.82) is 0 Å². The Morgan fingerprint density at radius 2 is 2.21 bits per heavy atom. The second kappa shape index (κ2) is 5.81. The van der Waals surface area contributed by atoms with Gasteiger partial charge in [0.2, 0.25) is 0 Å². The Morgan fingerprint density at radius 3 is 2.79 bits per heavy atom. The van der Waals surface area contributed by atoms with Crippen molar-refractivity contribution in [2.24, 2.45) is 5.73 Å². The number of nitrogens with two attached hydrogens (primary N) is 1. The fourth-order valence-corrected chi connectivity index (χ4v) is 2.17. The molecule has 0 aliphatic rings. The van der Waals surface area contributed by atoms with Gasteiger partial charge in [-0.25, -0.2) is 4.98 Å². The van der Waals surface area contributed by atoms with Crippen molar-refractivity contribution in [3.8, 4) is 0 Å². The van der Waals surface area contributed by atoms with Gasteiger partial charge >= 0.3 is 0 Å². The van der Waals surface area contributed by atoms with Gasteiger partial charge in [0.05, 0.1) is 0 Å². The maximum absolute atomic E-state index is 5.92. The van der Waals surface area contributed by atoms with Crippen molar-refractivity contribution in [2.45, 2.75) is 17.9 Å². The van der Waals surface area contributed by atoms with Crippen LogP contribution in [-0.4, -0.2) is 16.8 Å². The van der Waals surface area contributed by atoms with E-state index in [0.717, 1.165) is 11.3 Å². The maximum atomic E-state index is 5.92. The zero-order valence-electron chi connectivity index (χ0n) is 7.84. The molecule has 2 nitrogen and oxygen atoms in total. The first-order valence-corrected chi connectivity index (χ1v) is 6.06. The molecule has 1 unspecified atom stereocenters. The van der Waals surface area contributed by atoms with E-state index in [2.05, 4.69) is 11.9 Å². The highest BCUT2D eigenvalue weighted by molar-refractivity contribution is 7.99. The molecule has 14 heavy (non-hydrogen) atoms. The van der Waals surface area contributed by atoms with E-state index in [1.165, 1.54) is 0 Å². The molecule has 0 aromatic carbocycles. The molecule has 1 aromatic rings. The molecule has 5 heteroatoms. The molecule has 0 radical (unpaired) electrons. The monoisotopic (exact) mass is 250 g/mol. The lowest BCUT2D eigenvalue weighted by molar-refractivity contribution is 0.950. The average molecular weight is 251 g/mol. The molecule has 0 spiro atoms. The molecule has 1 rings (SSSR count). The van der Waals surface area contributed by atoms with Crippen molar-refractivity contribution in [3.05, 3.63) is 28.0 Å². The fraction of sp³-hybridized carbons (Fsp3) is 0.444. The Morgan fingerprint density at radius 1 is 1.50 bits per heavy atom. The Balaban J connectivity index is 2.59. The van der Waals surface area contributed by atoms with Gasteiger partial charge in [-0.15, -0.1) is 0 Å². The van der Waals surface area contributed by atoms with Crippen LogP contribution in [0.4, 0.5) is 0 Å². The predicted octanol–water partition coefficient (Wildman–Crippen LogP) is 2.97. The van der Waals surface area contributed by atoms with E-state index in [1.807, 2.05) is 6.07 Å². The van der Waals surface area contributed by atoms with E-state index in [4.69, 9.17) is 28.9 Å². The summed E-state index contributed by atoms with van der Waals surface area (Å²) in [5, 5.41) is 1.34. The molecule has 78 valence electrons. The van der Waals surface area contributed by atoms with Crippen LogP contribution in [0.2, 0.25) is 10.3 Å². The summed E-state index contributed by atoms with van der Waals surface area (Å²) < 4.78 is 0. The third kappa shape index (κ3) is 3.65. The third-order valence-electron chi connectivity index (χ3n) is 1.75. The van der Waals surface area contributed by atoms with E-state index in [-0.39, 0.29) is 0 Å². The van der Waals surface area contributed by atoms with Gasteiger partial charge in [0.25, 0.3) is 0 Å². The fourth-order valence-electron chi connectivity index (χ4n) is 0.849. The number of rotatable bonds is 4. The molecule has 0 amide bonds. The number of hydrogen-bond acceptors (Lipinski definition) is 3. The minimum Gasteiger partial charge on any atom is -0.329 e. The quantitative estimate of drug-likeness (QED) is 0.836. The molecule has 0 aliphatic carbocycles. The highest BCUT2D eigenvalue weighted by Gasteiger charge is 2.05. The lowest BCUT2D eigenvalue weighted by atomic mass is 10.3. The molecule has 0 aliphatic heterocycles. The van der Waals surface area contributed by atoms with Crippen LogP contribution < -0.4 is 5.73 Å². The number of aromatic nitrogens is 1. The SMILES string of the molecule is CC(CN)SCc1ccc(Cl)nc1Cl. The smallest absolute Gasteiger partial charge is 0.134 e. The number of thioether (sulfide) groups is 1. The first-order valence-electron chi connectivity index (χ1n) is 4.26. The zero-order chi connectivity index (χ0) is 10.6. The standard InChI is InChI=1S/C9H12Cl2N2S/c1-6(4-12)14-5-7-2-3-8(10)13-9(7)11/h2-3,6H,4-5,12H2,1H3. The van der Waals surface area contributed by atoms with E-state index in [1.54, 1.807) is 17.8 Å². The summed E-state index contributed by atoms with van der Waals surface area (Å²) in [5.41, 5.74) is 6.51. The van der Waals surface area contributed by atoms with Gasteiger partial charge in [0.1, 0.15) is 10.3 Å². The third-order valence-corrected chi connectivity index (χ3v) is 3.52. The summed E-state index contributed by atoms with van der Waals surface area (Å²) in [6, 6.07) is 3.64. The van der Waals surface area contributed by atoms with Crippen LogP contribution in [0, 0.1) is 0 Å². The number of pyridine rings is 1. The lowest BCUT2D eigenvalue weighted by Crippen LogP contribution is -2.12. The van der Waals surface area contributed by atoms with Crippen LogP contribution in [0.25, 0.3) is 0 Å². The minimum atomic E-state index is 0.427. The summed E-state index contributed by atoms with van der Waals surface area (Å²) in [6.45, 7) is 2.76. The van der Waals surface area contributed by atoms with Crippen molar-refractivity contribution < 1.29 is 0 Å². The van der Waals surface area contributed by atoms with Crippen LogP contribution in [0.15, 0.2) is 12.1 Å². The van der Waals surface area contributed by atoms with Crippen LogP contribution in [0.5, 0.6) is 0 Å². The first-order chi connectivity index (χ1) is 6.63. The van der Waals surface area contributed by atoms with Gasteiger partial charge in [-0.2, -0.15) is 11.8 Å². The van der Waals surface area contributed by atoms with Crippen LogP contribution >= 0.6 is 35.0 Å². The van der Waals surface area contributed by atoms with Crippen LogP contribution in [-0.2, 0) is 5.75 Å². The molecule has 0 fully saturated rings. The Labute approximate surface area is 98.2 Å². The molecule has 0 saturated heterocycles. The highest BCUT2D eigenvalue weighted by Crippen LogP contribution is 2.23. The van der Waals surface area contributed by atoms with Gasteiger partial charge in [-0.3, -0.25) is 0 Å². The maximum Gasteiger partial charge on any atom is 0.134 e. The van der Waals surface area contributed by atoms with Gasteiger partial charge in [-0.05, 0) is 11.6 Å². The van der Waals surface area contributed by atoms with Gasteiger partial charge < -0.3 is 5.73 Å². The Hall–Kier alpha value is 0.0400. The first kappa shape index (κ1) is 12.1. The predicted molar refractivity (Wildman–Crippen MR) is 64.1 cm³/mol. The summed E-state index contributed by atoms with van der Waals surface area (Å²) in [4.78, 5) is 3.96. The number of hydrogen-bond donors (Lipinski definition) is 1. The largest absolute Gasteiger partial charge is 0.329 e. The van der Waals surface area contributed by atoms with Crippen molar-refractivity contribution in [2.75, 3.05) is 6.54 Å². The average Bonchev–Trinajstić information content (AvgIpc) is 2.16. The zero-order valence-corrected chi connectivity index (χ0v) is 10.2. The van der Waals surface area contributed by atoms with Crippen molar-refractivity contribution in [3.63, 3.8) is 0 Å². The van der Waals surface area contributed by atoms with Gasteiger partial charge in [0, 0.05) is 17.5 Å².